The van der Waals surface area contributed by atoms with Crippen LogP contribution in [-0.4, -0.2) is 50.7 Å². The van der Waals surface area contributed by atoms with Crippen LogP contribution in [0.3, 0.4) is 0 Å². The van der Waals surface area contributed by atoms with Gasteiger partial charge in [0.05, 0.1) is 4.92 Å². The summed E-state index contributed by atoms with van der Waals surface area (Å²) in [5, 5.41) is 14.3. The second kappa shape index (κ2) is 7.27. The van der Waals surface area contributed by atoms with Crippen LogP contribution in [0.4, 0.5) is 11.4 Å². The average molecular weight is 341 g/mol. The predicted molar refractivity (Wildman–Crippen MR) is 89.5 cm³/mol. The van der Waals surface area contributed by atoms with E-state index < -0.39 is 14.8 Å². The van der Waals surface area contributed by atoms with Gasteiger partial charge >= 0.3 is 5.69 Å². The molecule has 2 rings (SSSR count). The maximum absolute atomic E-state index is 11.7. The van der Waals surface area contributed by atoms with E-state index in [0.29, 0.717) is 12.5 Å². The molecular weight excluding hydrogens is 318 g/mol. The third-order valence-electron chi connectivity index (χ3n) is 4.07. The summed E-state index contributed by atoms with van der Waals surface area (Å²) in [5.41, 5.74) is -0.120. The minimum absolute atomic E-state index is 0.251. The summed E-state index contributed by atoms with van der Waals surface area (Å²) in [7, 11) is -3.65. The van der Waals surface area contributed by atoms with Crippen molar-refractivity contribution >= 4 is 21.2 Å². The molecule has 0 aromatic heterocycles. The number of hydrogen-bond donors (Lipinski definition) is 1. The highest BCUT2D eigenvalue weighted by Crippen LogP contribution is 2.31. The van der Waals surface area contributed by atoms with Crippen molar-refractivity contribution in [3.63, 3.8) is 0 Å². The monoisotopic (exact) mass is 341 g/mol. The Labute approximate surface area is 136 Å². The summed E-state index contributed by atoms with van der Waals surface area (Å²) < 4.78 is 23.5. The van der Waals surface area contributed by atoms with Crippen LogP contribution in [0.25, 0.3) is 0 Å². The van der Waals surface area contributed by atoms with Crippen molar-refractivity contribution in [2.45, 2.75) is 24.7 Å². The molecule has 0 bridgehead atoms. The summed E-state index contributed by atoms with van der Waals surface area (Å²) in [5.74, 6) is 0.673. The number of para-hydroxylation sites is 1. The first-order valence-corrected chi connectivity index (χ1v) is 9.62. The number of anilines is 1. The molecule has 1 aliphatic rings. The number of nitro groups is 1. The fourth-order valence-electron chi connectivity index (χ4n) is 2.99. The molecule has 7 nitrogen and oxygen atoms in total. The first-order valence-electron chi connectivity index (χ1n) is 7.72. The van der Waals surface area contributed by atoms with Gasteiger partial charge in [-0.1, -0.05) is 13.0 Å². The Bertz CT molecular complexity index is 675. The number of benzene rings is 1. The van der Waals surface area contributed by atoms with Gasteiger partial charge in [-0.25, -0.2) is 8.42 Å². The third-order valence-corrected chi connectivity index (χ3v) is 5.19. The van der Waals surface area contributed by atoms with Gasteiger partial charge in [-0.15, -0.1) is 0 Å². The van der Waals surface area contributed by atoms with Crippen LogP contribution in [0, 0.1) is 16.0 Å². The van der Waals surface area contributed by atoms with E-state index in [4.69, 9.17) is 0 Å². The highest BCUT2D eigenvalue weighted by molar-refractivity contribution is 7.90. The van der Waals surface area contributed by atoms with Crippen molar-refractivity contribution in [2.24, 2.45) is 5.92 Å². The molecule has 0 spiro atoms. The van der Waals surface area contributed by atoms with Crippen LogP contribution in [0.1, 0.15) is 19.8 Å². The summed E-state index contributed by atoms with van der Waals surface area (Å²) in [6, 6.07) is 4.34. The molecule has 1 atom stereocenters. The lowest BCUT2D eigenvalue weighted by molar-refractivity contribution is -0.386. The van der Waals surface area contributed by atoms with Gasteiger partial charge in [0.1, 0.15) is 10.6 Å². The van der Waals surface area contributed by atoms with Crippen molar-refractivity contribution < 1.29 is 13.3 Å². The van der Waals surface area contributed by atoms with Crippen LogP contribution in [-0.2, 0) is 9.84 Å². The number of hydrogen-bond acceptors (Lipinski definition) is 6. The number of nitrogens with one attached hydrogen (secondary N) is 1. The number of nitro benzene ring substituents is 1. The zero-order chi connectivity index (χ0) is 17.0. The van der Waals surface area contributed by atoms with Gasteiger partial charge in [-0.05, 0) is 37.4 Å². The lowest BCUT2D eigenvalue weighted by Gasteiger charge is -2.30. The lowest BCUT2D eigenvalue weighted by Crippen LogP contribution is -2.37. The van der Waals surface area contributed by atoms with Gasteiger partial charge in [0.2, 0.25) is 0 Å². The quantitative estimate of drug-likeness (QED) is 0.629. The number of nitrogens with zero attached hydrogens (tertiary/aromatic N) is 2. The van der Waals surface area contributed by atoms with E-state index in [1.165, 1.54) is 25.0 Å². The van der Waals surface area contributed by atoms with Crippen LogP contribution in [0.2, 0.25) is 0 Å². The first kappa shape index (κ1) is 17.7. The van der Waals surface area contributed by atoms with E-state index in [1.807, 2.05) is 0 Å². The third kappa shape index (κ3) is 4.65. The van der Waals surface area contributed by atoms with Crippen molar-refractivity contribution in [3.05, 3.63) is 28.3 Å². The molecule has 0 radical (unpaired) electrons. The summed E-state index contributed by atoms with van der Waals surface area (Å²) >= 11 is 0. The normalized spacial score (nSPS) is 19.5. The molecule has 1 fully saturated rings. The minimum Gasteiger partial charge on any atom is -0.378 e. The van der Waals surface area contributed by atoms with Crippen molar-refractivity contribution in [2.75, 3.05) is 37.8 Å². The predicted octanol–water partition coefficient (Wildman–Crippen LogP) is 2.14. The second-order valence-corrected chi connectivity index (χ2v) is 8.14. The molecule has 8 heteroatoms. The highest BCUT2D eigenvalue weighted by Gasteiger charge is 2.26. The smallest absolute Gasteiger partial charge is 0.310 e. The molecule has 1 N–H and O–H groups in total. The van der Waals surface area contributed by atoms with E-state index in [1.54, 1.807) is 6.07 Å². The standard InChI is InChI=1S/C15H23N3O4S/c1-12-5-4-9-17(11-12)10-8-16-13-6-3-7-14(23(2,21)22)15(13)18(19)20/h3,6-7,12,16H,4-5,8-11H2,1-2H3. The van der Waals surface area contributed by atoms with Gasteiger partial charge in [-0.2, -0.15) is 0 Å². The SMILES string of the molecule is CC1CCCN(CCNc2cccc(S(C)(=O)=O)c2[N+](=O)[O-])C1. The topological polar surface area (TPSA) is 92.6 Å². The molecule has 1 aromatic rings. The Balaban J connectivity index is 2.09. The van der Waals surface area contributed by atoms with Crippen LogP contribution >= 0.6 is 0 Å². The van der Waals surface area contributed by atoms with Crippen molar-refractivity contribution in [1.82, 2.24) is 4.90 Å². The Kier molecular flexibility index (Phi) is 5.59. The van der Waals surface area contributed by atoms with Crippen molar-refractivity contribution in [1.29, 1.82) is 0 Å². The molecule has 0 aliphatic carbocycles. The zero-order valence-electron chi connectivity index (χ0n) is 13.5. The molecular formula is C15H23N3O4S. The van der Waals surface area contributed by atoms with E-state index in [-0.39, 0.29) is 16.3 Å². The number of piperidine rings is 1. The van der Waals surface area contributed by atoms with Crippen molar-refractivity contribution in [3.8, 4) is 0 Å². The fourth-order valence-corrected chi connectivity index (χ4v) is 3.85. The van der Waals surface area contributed by atoms with Gasteiger partial charge in [0.25, 0.3) is 0 Å². The van der Waals surface area contributed by atoms with Gasteiger partial charge in [0.15, 0.2) is 9.84 Å². The fraction of sp³-hybridized carbons (Fsp3) is 0.600. The van der Waals surface area contributed by atoms with Crippen LogP contribution in [0.5, 0.6) is 0 Å². The lowest BCUT2D eigenvalue weighted by atomic mass is 10.0. The Morgan fingerprint density at radius 3 is 2.78 bits per heavy atom. The summed E-state index contributed by atoms with van der Waals surface area (Å²) in [4.78, 5) is 12.7. The minimum atomic E-state index is -3.65. The van der Waals surface area contributed by atoms with Crippen LogP contribution < -0.4 is 5.32 Å². The molecule has 1 heterocycles. The summed E-state index contributed by atoms with van der Waals surface area (Å²) in [6.07, 6.45) is 3.39. The molecule has 128 valence electrons. The molecule has 1 aliphatic heterocycles. The Hall–Kier alpha value is -1.67. The van der Waals surface area contributed by atoms with E-state index in [0.717, 1.165) is 25.9 Å². The van der Waals surface area contributed by atoms with Gasteiger partial charge in [-0.3, -0.25) is 10.1 Å². The molecule has 1 unspecified atom stereocenters. The summed E-state index contributed by atoms with van der Waals surface area (Å²) in [6.45, 7) is 5.62. The van der Waals surface area contributed by atoms with E-state index >= 15 is 0 Å². The maximum Gasteiger partial charge on any atom is 0.310 e. The molecule has 0 amide bonds. The molecule has 1 saturated heterocycles. The largest absolute Gasteiger partial charge is 0.378 e. The second-order valence-electron chi connectivity index (χ2n) is 6.16. The molecule has 0 saturated carbocycles. The highest BCUT2D eigenvalue weighted by atomic mass is 32.2. The molecule has 23 heavy (non-hydrogen) atoms. The van der Waals surface area contributed by atoms with E-state index in [9.17, 15) is 18.5 Å². The Morgan fingerprint density at radius 2 is 2.17 bits per heavy atom. The zero-order valence-corrected chi connectivity index (χ0v) is 14.3. The molecule has 1 aromatic carbocycles. The van der Waals surface area contributed by atoms with Gasteiger partial charge in [0, 0.05) is 25.9 Å². The average Bonchev–Trinajstić information content (AvgIpc) is 2.46. The number of sulfone groups is 1. The van der Waals surface area contributed by atoms with Crippen LogP contribution in [0.15, 0.2) is 23.1 Å². The Morgan fingerprint density at radius 1 is 1.43 bits per heavy atom. The van der Waals surface area contributed by atoms with E-state index in [2.05, 4.69) is 17.1 Å². The maximum atomic E-state index is 11.7. The number of rotatable bonds is 6. The van der Waals surface area contributed by atoms with Gasteiger partial charge < -0.3 is 10.2 Å². The first-order chi connectivity index (χ1) is 10.8. The number of likely N-dealkylation sites (tertiary alicyclic amines) is 1.